The number of carbonyl (C=O) groups is 1. The van der Waals surface area contributed by atoms with Crippen molar-refractivity contribution in [1.29, 1.82) is 0 Å². The molecule has 1 saturated heterocycles. The minimum absolute atomic E-state index is 0.117. The number of benzene rings is 1. The van der Waals surface area contributed by atoms with E-state index in [9.17, 15) is 13.2 Å². The topological polar surface area (TPSA) is 67.3 Å². The molecule has 1 aliphatic heterocycles. The lowest BCUT2D eigenvalue weighted by Gasteiger charge is -2.38. The van der Waals surface area contributed by atoms with Gasteiger partial charge in [0.05, 0.1) is 5.25 Å². The fraction of sp³-hybridized carbons (Fsp3) is 0.333. The summed E-state index contributed by atoms with van der Waals surface area (Å²) in [6, 6.07) is 9.40. The van der Waals surface area contributed by atoms with Crippen molar-refractivity contribution < 1.29 is 13.2 Å². The fourth-order valence-electron chi connectivity index (χ4n) is 2.51. The van der Waals surface area contributed by atoms with Crippen LogP contribution in [0.4, 0.5) is 0 Å². The summed E-state index contributed by atoms with van der Waals surface area (Å²) < 4.78 is 23.5. The molecule has 2 aromatic rings. The zero-order chi connectivity index (χ0) is 15.0. The Balaban J connectivity index is 1.84. The minimum Gasteiger partial charge on any atom is -0.335 e. The van der Waals surface area contributed by atoms with Crippen molar-refractivity contribution in [3.63, 3.8) is 0 Å². The lowest BCUT2D eigenvalue weighted by Crippen LogP contribution is -2.57. The van der Waals surface area contributed by atoms with E-state index in [1.54, 1.807) is 18.0 Å². The second-order valence-corrected chi connectivity index (χ2v) is 7.73. The van der Waals surface area contributed by atoms with Gasteiger partial charge in [-0.15, -0.1) is 0 Å². The lowest BCUT2D eigenvalue weighted by molar-refractivity contribution is 0.0655. The molecular formula is C15H16N2O3S. The number of amides is 1. The predicted molar refractivity (Wildman–Crippen MR) is 80.9 cm³/mol. The highest BCUT2D eigenvalue weighted by Crippen LogP contribution is 2.23. The summed E-state index contributed by atoms with van der Waals surface area (Å²) >= 11 is 0. The highest BCUT2D eigenvalue weighted by atomic mass is 32.2. The summed E-state index contributed by atoms with van der Waals surface area (Å²) in [7, 11) is -3.07. The van der Waals surface area contributed by atoms with Crippen LogP contribution in [0.25, 0.3) is 10.8 Å². The first-order chi connectivity index (χ1) is 10.0. The summed E-state index contributed by atoms with van der Waals surface area (Å²) in [5.74, 6) is -0.0824. The van der Waals surface area contributed by atoms with E-state index in [-0.39, 0.29) is 24.7 Å². The summed E-state index contributed by atoms with van der Waals surface area (Å²) in [5, 5.41) is 1.32. The molecule has 1 aromatic carbocycles. The third-order valence-corrected chi connectivity index (χ3v) is 6.04. The van der Waals surface area contributed by atoms with Gasteiger partial charge in [-0.1, -0.05) is 31.2 Å². The lowest BCUT2D eigenvalue weighted by atomic mass is 10.1. The fourth-order valence-corrected chi connectivity index (χ4v) is 3.79. The molecule has 0 unspecified atom stereocenters. The van der Waals surface area contributed by atoms with Crippen LogP contribution in [0, 0.1) is 0 Å². The van der Waals surface area contributed by atoms with Crippen molar-refractivity contribution >= 4 is 26.5 Å². The van der Waals surface area contributed by atoms with E-state index in [0.29, 0.717) is 5.69 Å². The molecule has 0 bridgehead atoms. The zero-order valence-corrected chi connectivity index (χ0v) is 12.5. The Bertz CT molecular complexity index is 790. The number of hydrogen-bond donors (Lipinski definition) is 0. The number of carbonyl (C=O) groups excluding carboxylic acids is 1. The summed E-state index contributed by atoms with van der Waals surface area (Å²) in [6.07, 6.45) is 1.61. The van der Waals surface area contributed by atoms with Gasteiger partial charge in [-0.3, -0.25) is 9.78 Å². The van der Waals surface area contributed by atoms with Gasteiger partial charge in [0, 0.05) is 30.4 Å². The normalized spacial score (nSPS) is 16.0. The average Bonchev–Trinajstić information content (AvgIpc) is 2.44. The van der Waals surface area contributed by atoms with Crippen molar-refractivity contribution in [1.82, 2.24) is 9.88 Å². The van der Waals surface area contributed by atoms with Crippen LogP contribution < -0.4 is 0 Å². The zero-order valence-electron chi connectivity index (χ0n) is 11.7. The molecule has 0 atom stereocenters. The molecule has 5 nitrogen and oxygen atoms in total. The molecule has 6 heteroatoms. The molecule has 0 N–H and O–H groups in total. The molecule has 2 heterocycles. The molecule has 1 amide bonds. The Hall–Kier alpha value is -1.95. The van der Waals surface area contributed by atoms with E-state index >= 15 is 0 Å². The van der Waals surface area contributed by atoms with Crippen LogP contribution in [0.5, 0.6) is 0 Å². The van der Waals surface area contributed by atoms with Crippen molar-refractivity contribution in [2.45, 2.75) is 12.2 Å². The SMILES string of the molecule is CCS(=O)(=O)C1CN(C(=O)c2nccc3ccccc23)C1. The number of aromatic nitrogens is 1. The van der Waals surface area contributed by atoms with Gasteiger partial charge >= 0.3 is 0 Å². The standard InChI is InChI=1S/C15H16N2O3S/c1-2-21(19,20)12-9-17(10-12)15(18)14-13-6-4-3-5-11(13)7-8-16-14/h3-8,12H,2,9-10H2,1H3. The van der Waals surface area contributed by atoms with Gasteiger partial charge in [-0.25, -0.2) is 8.42 Å². The van der Waals surface area contributed by atoms with Crippen LogP contribution in [0.3, 0.4) is 0 Å². The molecule has 1 fully saturated rings. The molecule has 0 radical (unpaired) electrons. The van der Waals surface area contributed by atoms with E-state index in [4.69, 9.17) is 0 Å². The Labute approximate surface area is 123 Å². The molecule has 1 aliphatic rings. The maximum atomic E-state index is 12.5. The first kappa shape index (κ1) is 14.0. The molecule has 0 aliphatic carbocycles. The Morgan fingerprint density at radius 2 is 2.00 bits per heavy atom. The van der Waals surface area contributed by atoms with E-state index < -0.39 is 15.1 Å². The van der Waals surface area contributed by atoms with Crippen molar-refractivity contribution in [2.75, 3.05) is 18.8 Å². The molecule has 21 heavy (non-hydrogen) atoms. The number of sulfone groups is 1. The van der Waals surface area contributed by atoms with Crippen LogP contribution in [-0.4, -0.2) is 48.3 Å². The maximum Gasteiger partial charge on any atom is 0.273 e. The molecule has 3 rings (SSSR count). The van der Waals surface area contributed by atoms with Crippen molar-refractivity contribution in [3.8, 4) is 0 Å². The van der Waals surface area contributed by atoms with Gasteiger partial charge in [0.25, 0.3) is 5.91 Å². The smallest absolute Gasteiger partial charge is 0.273 e. The van der Waals surface area contributed by atoms with Crippen molar-refractivity contribution in [3.05, 3.63) is 42.2 Å². The van der Waals surface area contributed by atoms with Gasteiger partial charge in [-0.2, -0.15) is 0 Å². The molecule has 110 valence electrons. The first-order valence-corrected chi connectivity index (χ1v) is 8.59. The van der Waals surface area contributed by atoms with E-state index in [1.807, 2.05) is 30.3 Å². The monoisotopic (exact) mass is 304 g/mol. The molecular weight excluding hydrogens is 288 g/mol. The number of hydrogen-bond acceptors (Lipinski definition) is 4. The predicted octanol–water partition coefficient (Wildman–Crippen LogP) is 1.49. The van der Waals surface area contributed by atoms with Gasteiger partial charge in [0.1, 0.15) is 5.69 Å². The summed E-state index contributed by atoms with van der Waals surface area (Å²) in [4.78, 5) is 18.2. The highest BCUT2D eigenvalue weighted by molar-refractivity contribution is 7.92. The van der Waals surface area contributed by atoms with Gasteiger partial charge in [-0.05, 0) is 11.5 Å². The number of fused-ring (bicyclic) bond motifs is 1. The van der Waals surface area contributed by atoms with Crippen LogP contribution in [-0.2, 0) is 9.84 Å². The number of rotatable bonds is 3. The first-order valence-electron chi connectivity index (χ1n) is 6.87. The minimum atomic E-state index is -3.07. The van der Waals surface area contributed by atoms with Crippen LogP contribution in [0.1, 0.15) is 17.4 Å². The Morgan fingerprint density at radius 3 is 2.71 bits per heavy atom. The Morgan fingerprint density at radius 1 is 1.29 bits per heavy atom. The van der Waals surface area contributed by atoms with Crippen LogP contribution in [0.2, 0.25) is 0 Å². The van der Waals surface area contributed by atoms with Gasteiger partial charge < -0.3 is 4.90 Å². The van der Waals surface area contributed by atoms with E-state index in [2.05, 4.69) is 4.98 Å². The maximum absolute atomic E-state index is 12.5. The van der Waals surface area contributed by atoms with Crippen LogP contribution >= 0.6 is 0 Å². The average molecular weight is 304 g/mol. The van der Waals surface area contributed by atoms with Crippen LogP contribution in [0.15, 0.2) is 36.5 Å². The van der Waals surface area contributed by atoms with Gasteiger partial charge in [0.15, 0.2) is 9.84 Å². The summed E-state index contributed by atoms with van der Waals surface area (Å²) in [6.45, 7) is 2.16. The second kappa shape index (κ2) is 5.11. The van der Waals surface area contributed by atoms with E-state index in [0.717, 1.165) is 10.8 Å². The molecule has 0 saturated carbocycles. The number of likely N-dealkylation sites (tertiary alicyclic amines) is 1. The number of nitrogens with zero attached hydrogens (tertiary/aromatic N) is 2. The third kappa shape index (κ3) is 2.40. The van der Waals surface area contributed by atoms with Crippen molar-refractivity contribution in [2.24, 2.45) is 0 Å². The molecule has 0 spiro atoms. The number of pyridine rings is 1. The highest BCUT2D eigenvalue weighted by Gasteiger charge is 2.39. The van der Waals surface area contributed by atoms with E-state index in [1.165, 1.54) is 0 Å². The molecule has 1 aromatic heterocycles. The van der Waals surface area contributed by atoms with Gasteiger partial charge in [0.2, 0.25) is 0 Å². The Kier molecular flexibility index (Phi) is 3.41. The second-order valence-electron chi connectivity index (χ2n) is 5.16. The third-order valence-electron chi connectivity index (χ3n) is 3.92. The quantitative estimate of drug-likeness (QED) is 0.861. The summed E-state index contributed by atoms with van der Waals surface area (Å²) in [5.41, 5.74) is 0.389. The largest absolute Gasteiger partial charge is 0.335 e.